The van der Waals surface area contributed by atoms with Gasteiger partial charge in [-0.15, -0.1) is 0 Å². The summed E-state index contributed by atoms with van der Waals surface area (Å²) < 4.78 is 27.6. The van der Waals surface area contributed by atoms with Crippen LogP contribution >= 0.6 is 0 Å². The first-order chi connectivity index (χ1) is 11.6. The number of aromatic nitrogens is 1. The number of nitrogens with one attached hydrogen (secondary N) is 1. The highest BCUT2D eigenvalue weighted by Gasteiger charge is 2.15. The zero-order valence-corrected chi connectivity index (χ0v) is 14.1. The normalized spacial score (nSPS) is 10.5. The maximum absolute atomic E-state index is 12.3. The second kappa shape index (κ2) is 8.38. The van der Waals surface area contributed by atoms with Crippen LogP contribution < -0.4 is 19.6 Å². The molecule has 0 aliphatic carbocycles. The fourth-order valence-corrected chi connectivity index (χ4v) is 2.46. The predicted octanol–water partition coefficient (Wildman–Crippen LogP) is 2.83. The first-order valence-electron chi connectivity index (χ1n) is 7.72. The Kier molecular flexibility index (Phi) is 6.23. The molecule has 0 saturated carbocycles. The van der Waals surface area contributed by atoms with Crippen molar-refractivity contribution in [3.05, 3.63) is 51.3 Å². The summed E-state index contributed by atoms with van der Waals surface area (Å²) in [5.41, 5.74) is 2.36. The summed E-state index contributed by atoms with van der Waals surface area (Å²) in [6.07, 6.45) is 1.40. The Balaban J connectivity index is 2.11. The van der Waals surface area contributed by atoms with Gasteiger partial charge in [0, 0.05) is 11.3 Å². The van der Waals surface area contributed by atoms with Crippen molar-refractivity contribution in [1.82, 2.24) is 4.98 Å². The van der Waals surface area contributed by atoms with E-state index >= 15 is 0 Å². The molecule has 0 radical (unpaired) electrons. The van der Waals surface area contributed by atoms with Gasteiger partial charge in [-0.25, -0.2) is 4.39 Å². The number of benzene rings is 1. The lowest BCUT2D eigenvalue weighted by atomic mass is 10.0. The molecule has 1 aromatic carbocycles. The Morgan fingerprint density at radius 3 is 2.38 bits per heavy atom. The van der Waals surface area contributed by atoms with Gasteiger partial charge in [0.2, 0.25) is 17.1 Å². The van der Waals surface area contributed by atoms with Gasteiger partial charge in [0.1, 0.15) is 19.0 Å². The molecule has 1 heterocycles. The van der Waals surface area contributed by atoms with Crippen LogP contribution in [0.15, 0.2) is 29.1 Å². The summed E-state index contributed by atoms with van der Waals surface area (Å²) in [5, 5.41) is 0. The molecule has 0 unspecified atom stereocenters. The van der Waals surface area contributed by atoms with Crippen molar-refractivity contribution in [3.63, 3.8) is 0 Å². The highest BCUT2D eigenvalue weighted by Crippen LogP contribution is 2.22. The monoisotopic (exact) mass is 334 g/mol. The van der Waals surface area contributed by atoms with E-state index in [1.54, 1.807) is 6.92 Å². The number of halogens is 1. The Hall–Kier alpha value is -2.50. The molecular formula is C18H22FNO4. The van der Waals surface area contributed by atoms with Crippen LogP contribution in [0.4, 0.5) is 4.39 Å². The van der Waals surface area contributed by atoms with Crippen molar-refractivity contribution < 1.29 is 18.6 Å². The topological polar surface area (TPSA) is 60.5 Å². The van der Waals surface area contributed by atoms with E-state index in [-0.39, 0.29) is 17.8 Å². The summed E-state index contributed by atoms with van der Waals surface area (Å²) in [6, 6.07) is 7.49. The van der Waals surface area contributed by atoms with E-state index in [1.807, 2.05) is 24.3 Å². The van der Waals surface area contributed by atoms with Crippen LogP contribution in [0.2, 0.25) is 0 Å². The quantitative estimate of drug-likeness (QED) is 0.806. The number of aryl methyl sites for hydroxylation is 2. The summed E-state index contributed by atoms with van der Waals surface area (Å²) >= 11 is 0. The minimum Gasteiger partial charge on any atom is -0.491 e. The van der Waals surface area contributed by atoms with Crippen molar-refractivity contribution in [2.45, 2.75) is 19.8 Å². The number of pyridine rings is 1. The number of hydrogen-bond donors (Lipinski definition) is 1. The molecule has 0 saturated heterocycles. The summed E-state index contributed by atoms with van der Waals surface area (Å²) in [7, 11) is 2.93. The van der Waals surface area contributed by atoms with Gasteiger partial charge in [-0.3, -0.25) is 4.79 Å². The molecule has 0 atom stereocenters. The molecule has 1 aromatic heterocycles. The van der Waals surface area contributed by atoms with Crippen LogP contribution in [-0.4, -0.2) is 32.5 Å². The van der Waals surface area contributed by atoms with E-state index in [2.05, 4.69) is 4.98 Å². The van der Waals surface area contributed by atoms with E-state index in [4.69, 9.17) is 14.2 Å². The largest absolute Gasteiger partial charge is 0.491 e. The smallest absolute Gasteiger partial charge is 0.238 e. The lowest BCUT2D eigenvalue weighted by Crippen LogP contribution is -2.15. The van der Waals surface area contributed by atoms with E-state index in [9.17, 15) is 9.18 Å². The molecule has 0 aliphatic rings. The highest BCUT2D eigenvalue weighted by molar-refractivity contribution is 5.40. The number of methoxy groups -OCH3 is 2. The second-order valence-corrected chi connectivity index (χ2v) is 5.31. The Bertz CT molecular complexity index is 725. The third kappa shape index (κ3) is 4.07. The van der Waals surface area contributed by atoms with Crippen molar-refractivity contribution in [3.8, 4) is 17.4 Å². The molecule has 1 N–H and O–H groups in total. The summed E-state index contributed by atoms with van der Waals surface area (Å²) in [6.45, 7) is 1.32. The van der Waals surface area contributed by atoms with Crippen molar-refractivity contribution in [1.29, 1.82) is 0 Å². The summed E-state index contributed by atoms with van der Waals surface area (Å²) in [4.78, 5) is 15.4. The minimum absolute atomic E-state index is 0.0609. The number of ether oxygens (including phenoxy) is 3. The lowest BCUT2D eigenvalue weighted by molar-refractivity contribution is 0.273. The molecule has 6 heteroatoms. The molecule has 0 amide bonds. The van der Waals surface area contributed by atoms with Gasteiger partial charge in [0.25, 0.3) is 0 Å². The zero-order chi connectivity index (χ0) is 17.5. The number of alkyl halides is 1. The first kappa shape index (κ1) is 17.8. The Morgan fingerprint density at radius 1 is 1.08 bits per heavy atom. The van der Waals surface area contributed by atoms with Crippen molar-refractivity contribution >= 4 is 0 Å². The van der Waals surface area contributed by atoms with E-state index < -0.39 is 6.67 Å². The van der Waals surface area contributed by atoms with Gasteiger partial charge in [-0.2, -0.15) is 0 Å². The van der Waals surface area contributed by atoms with Gasteiger partial charge in [0.05, 0.1) is 14.2 Å². The lowest BCUT2D eigenvalue weighted by Gasteiger charge is -2.12. The number of H-pyrrole nitrogens is 1. The molecule has 0 spiro atoms. The van der Waals surface area contributed by atoms with E-state index in [1.165, 1.54) is 14.2 Å². The maximum Gasteiger partial charge on any atom is 0.238 e. The SMILES string of the molecule is COc1[nH]c(CCc2ccc(OCC[18F])cc2)c(C)c(=O)c1OC. The first-order valence-corrected chi connectivity index (χ1v) is 7.72. The molecule has 0 fully saturated rings. The molecule has 5 nitrogen and oxygen atoms in total. The van der Waals surface area contributed by atoms with Crippen molar-refractivity contribution in [2.24, 2.45) is 0 Å². The maximum atomic E-state index is 12.3. The van der Waals surface area contributed by atoms with Crippen LogP contribution in [0.1, 0.15) is 16.8 Å². The predicted molar refractivity (Wildman–Crippen MR) is 90.2 cm³/mol. The third-order valence-electron chi connectivity index (χ3n) is 3.81. The molecule has 130 valence electrons. The average molecular weight is 334 g/mol. The van der Waals surface area contributed by atoms with Crippen molar-refractivity contribution in [2.75, 3.05) is 27.5 Å². The molecular weight excluding hydrogens is 312 g/mol. The van der Waals surface area contributed by atoms with Crippen LogP contribution in [0.5, 0.6) is 17.4 Å². The third-order valence-corrected chi connectivity index (χ3v) is 3.81. The minimum atomic E-state index is -0.506. The van der Waals surface area contributed by atoms with Crippen LogP contribution in [0, 0.1) is 6.92 Å². The average Bonchev–Trinajstić information content (AvgIpc) is 2.61. The van der Waals surface area contributed by atoms with E-state index in [0.29, 0.717) is 23.6 Å². The highest BCUT2D eigenvalue weighted by atomic mass is 18.2. The van der Waals surface area contributed by atoms with Gasteiger partial charge < -0.3 is 19.2 Å². The van der Waals surface area contributed by atoms with Gasteiger partial charge in [-0.1, -0.05) is 12.1 Å². The van der Waals surface area contributed by atoms with Gasteiger partial charge >= 0.3 is 0 Å². The number of aromatic amines is 1. The fraction of sp³-hybridized carbons (Fsp3) is 0.389. The van der Waals surface area contributed by atoms with Gasteiger partial charge in [0.15, 0.2) is 0 Å². The Morgan fingerprint density at radius 2 is 1.79 bits per heavy atom. The fourth-order valence-electron chi connectivity index (χ4n) is 2.46. The second-order valence-electron chi connectivity index (χ2n) is 5.31. The standard InChI is InChI=1S/C18H22FNO4/c1-12-15(20-18(23-3)17(22-2)16(12)21)9-6-13-4-7-14(8-5-13)24-11-10-19/h4-5,7-8H,6,9-11H2,1-3H3,(H,20,21)/i19-1. The Labute approximate surface area is 140 Å². The van der Waals surface area contributed by atoms with E-state index in [0.717, 1.165) is 17.7 Å². The summed E-state index contributed by atoms with van der Waals surface area (Å²) in [5.74, 6) is 1.17. The molecule has 0 bridgehead atoms. The number of hydrogen-bond acceptors (Lipinski definition) is 4. The molecule has 24 heavy (non-hydrogen) atoms. The molecule has 2 rings (SSSR count). The van der Waals surface area contributed by atoms with Crippen LogP contribution in [0.25, 0.3) is 0 Å². The molecule has 2 aromatic rings. The zero-order valence-electron chi connectivity index (χ0n) is 14.1. The number of rotatable bonds is 8. The van der Waals surface area contributed by atoms with Gasteiger partial charge in [-0.05, 0) is 37.5 Å². The van der Waals surface area contributed by atoms with Crippen LogP contribution in [0.3, 0.4) is 0 Å². The van der Waals surface area contributed by atoms with Crippen LogP contribution in [-0.2, 0) is 12.8 Å². The molecule has 0 aliphatic heterocycles.